The van der Waals surface area contributed by atoms with Crippen molar-refractivity contribution in [3.05, 3.63) is 42.4 Å². The number of hydrogen-bond acceptors (Lipinski definition) is 5. The molecular weight excluding hydrogens is 254 g/mol. The number of benzene rings is 1. The number of ether oxygens (including phenoxy) is 2. The van der Waals surface area contributed by atoms with Gasteiger partial charge in [0, 0.05) is 11.8 Å². The molecule has 1 aromatic carbocycles. The van der Waals surface area contributed by atoms with Crippen LogP contribution < -0.4 is 4.74 Å². The molecule has 3 rings (SSSR count). The Hall–Kier alpha value is -2.45. The highest BCUT2D eigenvalue weighted by Gasteiger charge is 2.43. The highest BCUT2D eigenvalue weighted by molar-refractivity contribution is 5.61. The van der Waals surface area contributed by atoms with Gasteiger partial charge in [0.25, 0.3) is 0 Å². The largest absolute Gasteiger partial charge is 0.497 e. The molecule has 5 heteroatoms. The van der Waals surface area contributed by atoms with Crippen molar-refractivity contribution < 1.29 is 9.47 Å². The maximum Gasteiger partial charge on any atom is 0.163 e. The van der Waals surface area contributed by atoms with E-state index in [0.29, 0.717) is 19.0 Å². The minimum Gasteiger partial charge on any atom is -0.497 e. The van der Waals surface area contributed by atoms with Crippen LogP contribution in [0.5, 0.6) is 5.75 Å². The van der Waals surface area contributed by atoms with Crippen LogP contribution >= 0.6 is 0 Å². The van der Waals surface area contributed by atoms with Crippen molar-refractivity contribution in [2.75, 3.05) is 20.3 Å². The van der Waals surface area contributed by atoms with Crippen LogP contribution in [0.2, 0.25) is 0 Å². The van der Waals surface area contributed by atoms with Crippen molar-refractivity contribution in [3.63, 3.8) is 0 Å². The molecule has 1 aliphatic rings. The smallest absolute Gasteiger partial charge is 0.163 e. The molecule has 0 unspecified atom stereocenters. The first-order chi connectivity index (χ1) is 9.77. The van der Waals surface area contributed by atoms with E-state index >= 15 is 0 Å². The molecule has 1 saturated heterocycles. The minimum absolute atomic E-state index is 0.352. The summed E-state index contributed by atoms with van der Waals surface area (Å²) in [5, 5.41) is 9.30. The Morgan fingerprint density at radius 2 is 2.20 bits per heavy atom. The molecule has 2 heterocycles. The maximum absolute atomic E-state index is 9.30. The average Bonchev–Trinajstić information content (AvgIpc) is 2.47. The van der Waals surface area contributed by atoms with Gasteiger partial charge in [-0.05, 0) is 18.2 Å². The fourth-order valence-corrected chi connectivity index (χ4v) is 2.08. The van der Waals surface area contributed by atoms with Crippen molar-refractivity contribution in [1.29, 1.82) is 5.26 Å². The molecule has 1 aromatic heterocycles. The zero-order valence-corrected chi connectivity index (χ0v) is 11.0. The summed E-state index contributed by atoms with van der Waals surface area (Å²) in [7, 11) is 1.63. The summed E-state index contributed by atoms with van der Waals surface area (Å²) in [6.45, 7) is 0.704. The maximum atomic E-state index is 9.30. The number of nitriles is 1. The number of rotatable bonds is 3. The Labute approximate surface area is 116 Å². The van der Waals surface area contributed by atoms with Gasteiger partial charge in [-0.25, -0.2) is 9.97 Å². The molecule has 0 amide bonds. The first kappa shape index (κ1) is 12.6. The normalized spacial score (nSPS) is 16.0. The summed E-state index contributed by atoms with van der Waals surface area (Å²) in [5.41, 5.74) is 1.01. The van der Waals surface area contributed by atoms with Gasteiger partial charge in [-0.15, -0.1) is 0 Å². The van der Waals surface area contributed by atoms with Gasteiger partial charge in [0.1, 0.15) is 5.75 Å². The molecule has 1 fully saturated rings. The summed E-state index contributed by atoms with van der Waals surface area (Å²) in [4.78, 5) is 8.74. The Bertz CT molecular complexity index is 675. The van der Waals surface area contributed by atoms with E-state index in [4.69, 9.17) is 9.47 Å². The molecule has 0 radical (unpaired) electrons. The van der Waals surface area contributed by atoms with E-state index < -0.39 is 5.41 Å². The van der Waals surface area contributed by atoms with Gasteiger partial charge >= 0.3 is 0 Å². The molecule has 1 aliphatic heterocycles. The SMILES string of the molecule is COc1cccc(-c2ccnc(C3(C#N)COC3)n2)c1. The number of methoxy groups -OCH3 is 1. The van der Waals surface area contributed by atoms with E-state index in [-0.39, 0.29) is 0 Å². The predicted octanol–water partition coefficient (Wildman–Crippen LogP) is 1.94. The van der Waals surface area contributed by atoms with E-state index in [1.54, 1.807) is 13.3 Å². The van der Waals surface area contributed by atoms with Crippen molar-refractivity contribution in [3.8, 4) is 23.1 Å². The van der Waals surface area contributed by atoms with Gasteiger partial charge in [-0.1, -0.05) is 12.1 Å². The summed E-state index contributed by atoms with van der Waals surface area (Å²) < 4.78 is 10.4. The number of nitrogens with zero attached hydrogens (tertiary/aromatic N) is 3. The third-order valence-corrected chi connectivity index (χ3v) is 3.36. The van der Waals surface area contributed by atoms with Crippen LogP contribution in [0, 0.1) is 11.3 Å². The molecule has 20 heavy (non-hydrogen) atoms. The van der Waals surface area contributed by atoms with Gasteiger partial charge in [-0.3, -0.25) is 0 Å². The van der Waals surface area contributed by atoms with Crippen molar-refractivity contribution in [2.24, 2.45) is 0 Å². The molecule has 100 valence electrons. The molecule has 0 bridgehead atoms. The van der Waals surface area contributed by atoms with E-state index in [1.807, 2.05) is 30.3 Å². The van der Waals surface area contributed by atoms with Gasteiger partial charge in [0.05, 0.1) is 32.1 Å². The standard InChI is InChI=1S/C15H13N3O2/c1-19-12-4-2-3-11(7-12)13-5-6-17-14(18-13)15(8-16)9-20-10-15/h2-7H,9-10H2,1H3. The van der Waals surface area contributed by atoms with Crippen LogP contribution in [-0.2, 0) is 10.2 Å². The molecule has 5 nitrogen and oxygen atoms in total. The molecule has 2 aromatic rings. The highest BCUT2D eigenvalue weighted by Crippen LogP contribution is 2.30. The van der Waals surface area contributed by atoms with E-state index in [2.05, 4.69) is 16.0 Å². The van der Waals surface area contributed by atoms with Crippen LogP contribution in [0.4, 0.5) is 0 Å². The quantitative estimate of drug-likeness (QED) is 0.850. The number of aromatic nitrogens is 2. The van der Waals surface area contributed by atoms with Crippen LogP contribution in [-0.4, -0.2) is 30.3 Å². The Balaban J connectivity index is 2.01. The average molecular weight is 267 g/mol. The van der Waals surface area contributed by atoms with Crippen molar-refractivity contribution in [1.82, 2.24) is 9.97 Å². The summed E-state index contributed by atoms with van der Waals surface area (Å²) >= 11 is 0. The molecular formula is C15H13N3O2. The monoisotopic (exact) mass is 267 g/mol. The van der Waals surface area contributed by atoms with Crippen LogP contribution in [0.3, 0.4) is 0 Å². The first-order valence-corrected chi connectivity index (χ1v) is 6.24. The molecule has 0 atom stereocenters. The molecule has 0 spiro atoms. The topological polar surface area (TPSA) is 68.0 Å². The lowest BCUT2D eigenvalue weighted by atomic mass is 9.87. The molecule has 0 aliphatic carbocycles. The van der Waals surface area contributed by atoms with E-state index in [1.165, 1.54) is 0 Å². The summed E-state index contributed by atoms with van der Waals surface area (Å²) in [5.74, 6) is 1.29. The third-order valence-electron chi connectivity index (χ3n) is 3.36. The summed E-state index contributed by atoms with van der Waals surface area (Å²) in [6.07, 6.45) is 1.68. The van der Waals surface area contributed by atoms with E-state index in [9.17, 15) is 5.26 Å². The van der Waals surface area contributed by atoms with Crippen molar-refractivity contribution in [2.45, 2.75) is 5.41 Å². The van der Waals surface area contributed by atoms with Gasteiger partial charge in [-0.2, -0.15) is 5.26 Å². The molecule has 0 saturated carbocycles. The van der Waals surface area contributed by atoms with E-state index in [0.717, 1.165) is 17.0 Å². The lowest BCUT2D eigenvalue weighted by molar-refractivity contribution is -0.0338. The first-order valence-electron chi connectivity index (χ1n) is 6.24. The summed E-state index contributed by atoms with van der Waals surface area (Å²) in [6, 6.07) is 11.7. The minimum atomic E-state index is -0.700. The number of hydrogen-bond donors (Lipinski definition) is 0. The second-order valence-electron chi connectivity index (χ2n) is 4.68. The fourth-order valence-electron chi connectivity index (χ4n) is 2.08. The van der Waals surface area contributed by atoms with Crippen LogP contribution in [0.1, 0.15) is 5.82 Å². The second-order valence-corrected chi connectivity index (χ2v) is 4.68. The second kappa shape index (κ2) is 4.91. The lowest BCUT2D eigenvalue weighted by Crippen LogP contribution is -2.46. The van der Waals surface area contributed by atoms with Gasteiger partial charge in [0.15, 0.2) is 11.2 Å². The fraction of sp³-hybridized carbons (Fsp3) is 0.267. The van der Waals surface area contributed by atoms with Gasteiger partial charge in [0.2, 0.25) is 0 Å². The zero-order chi connectivity index (χ0) is 14.0. The lowest BCUT2D eigenvalue weighted by Gasteiger charge is -2.33. The Kier molecular flexibility index (Phi) is 3.09. The Morgan fingerprint density at radius 3 is 2.85 bits per heavy atom. The zero-order valence-electron chi connectivity index (χ0n) is 11.0. The Morgan fingerprint density at radius 1 is 1.35 bits per heavy atom. The van der Waals surface area contributed by atoms with Crippen molar-refractivity contribution >= 4 is 0 Å². The molecule has 0 N–H and O–H groups in total. The highest BCUT2D eigenvalue weighted by atomic mass is 16.5. The third kappa shape index (κ3) is 2.00. The predicted molar refractivity (Wildman–Crippen MR) is 72.1 cm³/mol. The van der Waals surface area contributed by atoms with Gasteiger partial charge < -0.3 is 9.47 Å². The van der Waals surface area contributed by atoms with Crippen LogP contribution in [0.15, 0.2) is 36.5 Å². The van der Waals surface area contributed by atoms with Crippen LogP contribution in [0.25, 0.3) is 11.3 Å².